The number of aromatic carboxylic acids is 1. The summed E-state index contributed by atoms with van der Waals surface area (Å²) in [5.41, 5.74) is 0.659. The highest BCUT2D eigenvalue weighted by Gasteiger charge is 2.36. The second-order valence-electron chi connectivity index (χ2n) is 6.62. The molecule has 2 aromatic heterocycles. The number of furan rings is 1. The number of pyridine rings is 1. The minimum atomic E-state index is -1.08. The highest BCUT2D eigenvalue weighted by Crippen LogP contribution is 2.41. The molecule has 2 aromatic rings. The monoisotopic (exact) mass is 314 g/mol. The average Bonchev–Trinajstić information content (AvgIpc) is 2.99. The fourth-order valence-electron chi connectivity index (χ4n) is 4.02. The van der Waals surface area contributed by atoms with Crippen molar-refractivity contribution in [3.05, 3.63) is 29.8 Å². The summed E-state index contributed by atoms with van der Waals surface area (Å²) in [7, 11) is 0. The summed E-state index contributed by atoms with van der Waals surface area (Å²) in [6, 6.07) is 1.72. The van der Waals surface area contributed by atoms with Crippen LogP contribution in [0.5, 0.6) is 0 Å². The van der Waals surface area contributed by atoms with E-state index in [0.717, 1.165) is 12.3 Å². The van der Waals surface area contributed by atoms with Gasteiger partial charge in [0.15, 0.2) is 5.58 Å². The molecule has 3 saturated carbocycles. The highest BCUT2D eigenvalue weighted by atomic mass is 16.4. The minimum Gasteiger partial charge on any atom is -0.478 e. The molecule has 1 atom stereocenters. The number of aromatic nitrogens is 1. The molecule has 0 aromatic carbocycles. The molecule has 6 nitrogen and oxygen atoms in total. The number of carbonyl (C=O) groups is 2. The predicted octanol–water partition coefficient (Wildman–Crippen LogP) is 2.83. The van der Waals surface area contributed by atoms with Crippen molar-refractivity contribution in [1.29, 1.82) is 0 Å². The zero-order valence-electron chi connectivity index (χ0n) is 12.6. The lowest BCUT2D eigenvalue weighted by molar-refractivity contribution is 0.0697. The van der Waals surface area contributed by atoms with Gasteiger partial charge in [-0.3, -0.25) is 4.79 Å². The van der Waals surface area contributed by atoms with E-state index >= 15 is 0 Å². The first-order valence-corrected chi connectivity index (χ1v) is 8.03. The quantitative estimate of drug-likeness (QED) is 0.908. The van der Waals surface area contributed by atoms with Crippen LogP contribution in [0.4, 0.5) is 0 Å². The van der Waals surface area contributed by atoms with Crippen LogP contribution < -0.4 is 5.32 Å². The lowest BCUT2D eigenvalue weighted by Gasteiger charge is -2.42. The van der Waals surface area contributed by atoms with Gasteiger partial charge in [0.05, 0.1) is 6.20 Å². The topological polar surface area (TPSA) is 92.4 Å². The first kappa shape index (κ1) is 14.2. The Morgan fingerprint density at radius 2 is 2.04 bits per heavy atom. The maximum Gasteiger partial charge on any atom is 0.339 e. The van der Waals surface area contributed by atoms with Crippen LogP contribution in [0.25, 0.3) is 11.0 Å². The summed E-state index contributed by atoms with van der Waals surface area (Å²) in [5.74, 6) is -0.0164. The second-order valence-corrected chi connectivity index (χ2v) is 6.62. The molecule has 3 fully saturated rings. The number of carbonyl (C=O) groups excluding carboxylic acids is 1. The molecule has 120 valence electrons. The van der Waals surface area contributed by atoms with Gasteiger partial charge >= 0.3 is 5.97 Å². The molecule has 0 radical (unpaired) electrons. The number of rotatable bonds is 3. The molecule has 2 N–H and O–H groups in total. The Hall–Kier alpha value is -2.37. The van der Waals surface area contributed by atoms with E-state index in [4.69, 9.17) is 9.52 Å². The molecule has 0 aliphatic heterocycles. The summed E-state index contributed by atoms with van der Waals surface area (Å²) in [5, 5.41) is 12.7. The number of nitrogens with one attached hydrogen (secondary N) is 1. The summed E-state index contributed by atoms with van der Waals surface area (Å²) >= 11 is 0. The van der Waals surface area contributed by atoms with Crippen molar-refractivity contribution in [2.45, 2.75) is 38.1 Å². The van der Waals surface area contributed by atoms with Gasteiger partial charge in [-0.25, -0.2) is 9.78 Å². The van der Waals surface area contributed by atoms with Crippen LogP contribution in [0.15, 0.2) is 22.9 Å². The largest absolute Gasteiger partial charge is 0.478 e. The number of carboxylic acids is 1. The van der Waals surface area contributed by atoms with Gasteiger partial charge in [-0.2, -0.15) is 0 Å². The van der Waals surface area contributed by atoms with E-state index in [1.165, 1.54) is 44.2 Å². The third-order valence-corrected chi connectivity index (χ3v) is 5.29. The Balaban J connectivity index is 1.57. The van der Waals surface area contributed by atoms with Crippen molar-refractivity contribution >= 4 is 22.8 Å². The second kappa shape index (κ2) is 5.37. The molecular formula is C17H18N2O4. The Morgan fingerprint density at radius 3 is 2.70 bits per heavy atom. The van der Waals surface area contributed by atoms with Gasteiger partial charge in [0.25, 0.3) is 5.91 Å². The molecule has 2 heterocycles. The van der Waals surface area contributed by atoms with Gasteiger partial charge in [0.1, 0.15) is 17.5 Å². The number of amides is 1. The molecule has 0 saturated heterocycles. The smallest absolute Gasteiger partial charge is 0.339 e. The van der Waals surface area contributed by atoms with Crippen LogP contribution >= 0.6 is 0 Å². The molecule has 5 rings (SSSR count). The van der Waals surface area contributed by atoms with Gasteiger partial charge in [-0.05, 0) is 37.2 Å². The average molecular weight is 314 g/mol. The van der Waals surface area contributed by atoms with Crippen molar-refractivity contribution in [2.24, 2.45) is 11.8 Å². The van der Waals surface area contributed by atoms with Crippen molar-refractivity contribution in [2.75, 3.05) is 0 Å². The van der Waals surface area contributed by atoms with Gasteiger partial charge in [-0.1, -0.05) is 12.8 Å². The lowest BCUT2D eigenvalue weighted by atomic mass is 9.68. The predicted molar refractivity (Wildman–Crippen MR) is 82.3 cm³/mol. The Morgan fingerprint density at radius 1 is 1.26 bits per heavy atom. The van der Waals surface area contributed by atoms with Crippen molar-refractivity contribution in [1.82, 2.24) is 10.3 Å². The van der Waals surface area contributed by atoms with Gasteiger partial charge in [0, 0.05) is 11.4 Å². The summed E-state index contributed by atoms with van der Waals surface area (Å²) in [4.78, 5) is 27.8. The van der Waals surface area contributed by atoms with Crippen molar-refractivity contribution in [3.63, 3.8) is 0 Å². The van der Waals surface area contributed by atoms with E-state index in [-0.39, 0.29) is 23.2 Å². The van der Waals surface area contributed by atoms with E-state index in [1.54, 1.807) is 0 Å². The van der Waals surface area contributed by atoms with Crippen LogP contribution in [-0.4, -0.2) is 28.0 Å². The molecular weight excluding hydrogens is 296 g/mol. The van der Waals surface area contributed by atoms with E-state index in [2.05, 4.69) is 10.3 Å². The molecule has 2 bridgehead atoms. The van der Waals surface area contributed by atoms with Crippen LogP contribution in [0, 0.1) is 11.8 Å². The van der Waals surface area contributed by atoms with E-state index < -0.39 is 5.97 Å². The molecule has 23 heavy (non-hydrogen) atoms. The van der Waals surface area contributed by atoms with E-state index in [9.17, 15) is 9.59 Å². The Kier molecular flexibility index (Phi) is 3.32. The Bertz CT molecular complexity index is 774. The molecule has 6 heteroatoms. The zero-order valence-corrected chi connectivity index (χ0v) is 12.6. The third-order valence-electron chi connectivity index (χ3n) is 5.29. The lowest BCUT2D eigenvalue weighted by Crippen LogP contribution is -2.47. The van der Waals surface area contributed by atoms with Gasteiger partial charge in [0.2, 0.25) is 0 Å². The number of hydrogen-bond acceptors (Lipinski definition) is 4. The first-order chi connectivity index (χ1) is 11.1. The molecule has 3 aliphatic rings. The van der Waals surface area contributed by atoms with Crippen LogP contribution in [0.1, 0.15) is 53.0 Å². The standard InChI is InChI=1S/C17H18N2O4/c20-16(19-13-5-9-1-3-10(13)4-2-9)14-6-11-12(17(21)22)8-23-15(11)7-18-14/h6-10,13H,1-5H2,(H,19,20)(H,21,22). The molecule has 1 unspecified atom stereocenters. The number of fused-ring (bicyclic) bond motifs is 4. The maximum absolute atomic E-state index is 12.5. The number of nitrogens with zero attached hydrogens (tertiary/aromatic N) is 1. The first-order valence-electron chi connectivity index (χ1n) is 8.03. The SMILES string of the molecule is O=C(NC1CC2CCC1CC2)c1cc2c(C(=O)O)coc2cn1. The maximum atomic E-state index is 12.5. The molecule has 3 aliphatic carbocycles. The summed E-state index contributed by atoms with van der Waals surface area (Å²) in [6.07, 6.45) is 8.56. The van der Waals surface area contributed by atoms with Crippen LogP contribution in [-0.2, 0) is 0 Å². The zero-order chi connectivity index (χ0) is 16.0. The fourth-order valence-corrected chi connectivity index (χ4v) is 4.02. The van der Waals surface area contributed by atoms with E-state index in [0.29, 0.717) is 16.9 Å². The van der Waals surface area contributed by atoms with Crippen molar-refractivity contribution in [3.8, 4) is 0 Å². The third kappa shape index (κ3) is 2.48. The van der Waals surface area contributed by atoms with Crippen molar-refractivity contribution < 1.29 is 19.1 Å². The minimum absolute atomic E-state index is 0.0492. The van der Waals surface area contributed by atoms with Gasteiger partial charge < -0.3 is 14.8 Å². The van der Waals surface area contributed by atoms with E-state index in [1.807, 2.05) is 0 Å². The fraction of sp³-hybridized carbons (Fsp3) is 0.471. The highest BCUT2D eigenvalue weighted by molar-refractivity contribution is 6.04. The normalized spacial score (nSPS) is 26.3. The van der Waals surface area contributed by atoms with Crippen LogP contribution in [0.3, 0.4) is 0 Å². The van der Waals surface area contributed by atoms with Gasteiger partial charge in [-0.15, -0.1) is 0 Å². The summed E-state index contributed by atoms with van der Waals surface area (Å²) < 4.78 is 5.16. The number of carboxylic acid groups (broad SMARTS) is 1. The number of hydrogen-bond donors (Lipinski definition) is 2. The van der Waals surface area contributed by atoms with Crippen LogP contribution in [0.2, 0.25) is 0 Å². The Labute approximate surface area is 132 Å². The molecule has 0 spiro atoms. The molecule has 1 amide bonds. The summed E-state index contributed by atoms with van der Waals surface area (Å²) in [6.45, 7) is 0.